The van der Waals surface area contributed by atoms with E-state index in [2.05, 4.69) is 9.97 Å². The van der Waals surface area contributed by atoms with Crippen molar-refractivity contribution >= 4 is 28.3 Å². The molecule has 3 aromatic carbocycles. The van der Waals surface area contributed by atoms with Crippen molar-refractivity contribution in [1.82, 2.24) is 9.97 Å². The largest absolute Gasteiger partial charge is 0.496 e. The van der Waals surface area contributed by atoms with E-state index in [-0.39, 0.29) is 0 Å². The van der Waals surface area contributed by atoms with Crippen LogP contribution in [0.1, 0.15) is 22.9 Å². The van der Waals surface area contributed by atoms with Crippen molar-refractivity contribution in [3.63, 3.8) is 0 Å². The van der Waals surface area contributed by atoms with Crippen molar-refractivity contribution in [3.05, 3.63) is 89.7 Å². The number of anilines is 2. The Hall–Kier alpha value is -3.93. The molecule has 0 aliphatic rings. The lowest BCUT2D eigenvalue weighted by atomic mass is 9.89. The molecule has 4 aromatic rings. The quantitative estimate of drug-likeness (QED) is 0.510. The minimum atomic E-state index is -0.631. The van der Waals surface area contributed by atoms with Gasteiger partial charge in [0, 0.05) is 23.7 Å². The molecule has 2 N–H and O–H groups in total. The Morgan fingerprint density at radius 2 is 1.71 bits per heavy atom. The van der Waals surface area contributed by atoms with E-state index in [0.29, 0.717) is 17.1 Å². The SMILES string of the molecule is COc1ccc(N(C)c2nc(C)nc3ccccc23)cc1C(C(N)=O)c1ccccc1. The van der Waals surface area contributed by atoms with Crippen LogP contribution in [0, 0.1) is 6.92 Å². The first-order chi connectivity index (χ1) is 15.0. The molecule has 1 amide bonds. The van der Waals surface area contributed by atoms with Gasteiger partial charge in [0.1, 0.15) is 17.4 Å². The van der Waals surface area contributed by atoms with Gasteiger partial charge in [-0.2, -0.15) is 0 Å². The second kappa shape index (κ2) is 8.44. The maximum absolute atomic E-state index is 12.5. The predicted molar refractivity (Wildman–Crippen MR) is 123 cm³/mol. The average Bonchev–Trinajstić information content (AvgIpc) is 2.78. The van der Waals surface area contributed by atoms with Crippen LogP contribution < -0.4 is 15.4 Å². The second-order valence-electron chi connectivity index (χ2n) is 7.34. The Balaban J connectivity index is 1.86. The summed E-state index contributed by atoms with van der Waals surface area (Å²) < 4.78 is 5.58. The van der Waals surface area contributed by atoms with E-state index >= 15 is 0 Å². The highest BCUT2D eigenvalue weighted by Gasteiger charge is 2.25. The number of nitrogens with zero attached hydrogens (tertiary/aromatic N) is 3. The first-order valence-electron chi connectivity index (χ1n) is 9.99. The number of amides is 1. The highest BCUT2D eigenvalue weighted by atomic mass is 16.5. The minimum absolute atomic E-state index is 0.437. The van der Waals surface area contributed by atoms with Crippen LogP contribution in [0.3, 0.4) is 0 Å². The number of rotatable bonds is 6. The van der Waals surface area contributed by atoms with Gasteiger partial charge in [0.25, 0.3) is 0 Å². The molecule has 4 rings (SSSR count). The van der Waals surface area contributed by atoms with E-state index in [1.54, 1.807) is 7.11 Å². The Bertz CT molecular complexity index is 1240. The van der Waals surface area contributed by atoms with Gasteiger partial charge in [-0.05, 0) is 42.8 Å². The summed E-state index contributed by atoms with van der Waals surface area (Å²) in [4.78, 5) is 23.7. The zero-order chi connectivity index (χ0) is 22.0. The number of carbonyl (C=O) groups is 1. The summed E-state index contributed by atoms with van der Waals surface area (Å²) in [6.45, 7) is 1.88. The third-order valence-electron chi connectivity index (χ3n) is 5.34. The van der Waals surface area contributed by atoms with Crippen molar-refractivity contribution < 1.29 is 9.53 Å². The zero-order valence-corrected chi connectivity index (χ0v) is 17.7. The number of aromatic nitrogens is 2. The molecule has 1 unspecified atom stereocenters. The van der Waals surface area contributed by atoms with Crippen LogP contribution >= 0.6 is 0 Å². The van der Waals surface area contributed by atoms with Crippen LogP contribution in [0.15, 0.2) is 72.8 Å². The third kappa shape index (κ3) is 3.92. The van der Waals surface area contributed by atoms with Crippen molar-refractivity contribution in [3.8, 4) is 5.75 Å². The number of nitrogens with two attached hydrogens (primary N) is 1. The highest BCUT2D eigenvalue weighted by Crippen LogP contribution is 2.37. The number of hydrogen-bond donors (Lipinski definition) is 1. The summed E-state index contributed by atoms with van der Waals surface area (Å²) in [5.41, 5.74) is 9.09. The van der Waals surface area contributed by atoms with Crippen molar-refractivity contribution in [2.75, 3.05) is 19.1 Å². The van der Waals surface area contributed by atoms with E-state index in [9.17, 15) is 4.79 Å². The van der Waals surface area contributed by atoms with Crippen molar-refractivity contribution in [1.29, 1.82) is 0 Å². The molecule has 0 spiro atoms. The number of carbonyl (C=O) groups excluding carboxylic acids is 1. The lowest BCUT2D eigenvalue weighted by molar-refractivity contribution is -0.118. The Kier molecular flexibility index (Phi) is 5.54. The summed E-state index contributed by atoms with van der Waals surface area (Å²) >= 11 is 0. The third-order valence-corrected chi connectivity index (χ3v) is 5.34. The maximum atomic E-state index is 12.5. The van der Waals surface area contributed by atoms with E-state index in [1.165, 1.54) is 0 Å². The molecule has 0 aliphatic heterocycles. The lowest BCUT2D eigenvalue weighted by Gasteiger charge is -2.24. The molecular weight excluding hydrogens is 388 g/mol. The Labute approximate surface area is 181 Å². The Morgan fingerprint density at radius 3 is 2.42 bits per heavy atom. The Morgan fingerprint density at radius 1 is 1.00 bits per heavy atom. The molecule has 6 heteroatoms. The molecule has 31 heavy (non-hydrogen) atoms. The molecule has 0 fully saturated rings. The van der Waals surface area contributed by atoms with Crippen LogP contribution in [0.5, 0.6) is 5.75 Å². The fourth-order valence-corrected chi connectivity index (χ4v) is 3.85. The van der Waals surface area contributed by atoms with E-state index in [0.717, 1.165) is 28.0 Å². The first-order valence-corrected chi connectivity index (χ1v) is 9.99. The standard InChI is InChI=1S/C25H24N4O2/c1-16-27-21-12-8-7-11-19(21)25(28-16)29(2)18-13-14-22(31-3)20(15-18)23(24(26)30)17-9-5-4-6-10-17/h4-15,23H,1-3H3,(H2,26,30). The van der Waals surface area contributed by atoms with Gasteiger partial charge in [-0.1, -0.05) is 42.5 Å². The van der Waals surface area contributed by atoms with Crippen LogP contribution in [-0.4, -0.2) is 30.0 Å². The van der Waals surface area contributed by atoms with Gasteiger partial charge in [-0.3, -0.25) is 4.79 Å². The molecular formula is C25H24N4O2. The fraction of sp³-hybridized carbons (Fsp3) is 0.160. The smallest absolute Gasteiger partial charge is 0.229 e. The summed E-state index contributed by atoms with van der Waals surface area (Å²) in [5, 5.41) is 0.947. The van der Waals surface area contributed by atoms with Crippen LogP contribution in [-0.2, 0) is 4.79 Å². The average molecular weight is 412 g/mol. The molecule has 0 aliphatic carbocycles. The van der Waals surface area contributed by atoms with Crippen molar-refractivity contribution in [2.45, 2.75) is 12.8 Å². The van der Waals surface area contributed by atoms with Crippen molar-refractivity contribution in [2.24, 2.45) is 5.73 Å². The number of ether oxygens (including phenoxy) is 1. The molecule has 0 radical (unpaired) electrons. The first kappa shape index (κ1) is 20.3. The molecule has 6 nitrogen and oxygen atoms in total. The topological polar surface area (TPSA) is 81.3 Å². The normalized spacial score (nSPS) is 11.8. The number of para-hydroxylation sites is 1. The lowest BCUT2D eigenvalue weighted by Crippen LogP contribution is -2.23. The monoisotopic (exact) mass is 412 g/mol. The number of methoxy groups -OCH3 is 1. The molecule has 0 saturated carbocycles. The molecule has 156 valence electrons. The molecule has 1 atom stereocenters. The van der Waals surface area contributed by atoms with Crippen LogP contribution in [0.25, 0.3) is 10.9 Å². The van der Waals surface area contributed by atoms with E-state index in [4.69, 9.17) is 10.5 Å². The number of aryl methyl sites for hydroxylation is 1. The minimum Gasteiger partial charge on any atom is -0.496 e. The fourth-order valence-electron chi connectivity index (χ4n) is 3.85. The molecule has 1 aromatic heterocycles. The van der Waals surface area contributed by atoms with Gasteiger partial charge >= 0.3 is 0 Å². The van der Waals surface area contributed by atoms with Gasteiger partial charge in [0.2, 0.25) is 5.91 Å². The van der Waals surface area contributed by atoms with Gasteiger partial charge in [0.15, 0.2) is 0 Å². The van der Waals surface area contributed by atoms with Crippen LogP contribution in [0.4, 0.5) is 11.5 Å². The van der Waals surface area contributed by atoms with E-state index in [1.807, 2.05) is 91.7 Å². The molecule has 0 bridgehead atoms. The molecule has 0 saturated heterocycles. The maximum Gasteiger partial charge on any atom is 0.229 e. The number of hydrogen-bond acceptors (Lipinski definition) is 5. The van der Waals surface area contributed by atoms with Gasteiger partial charge < -0.3 is 15.4 Å². The van der Waals surface area contributed by atoms with Gasteiger partial charge in [-0.25, -0.2) is 9.97 Å². The second-order valence-corrected chi connectivity index (χ2v) is 7.34. The summed E-state index contributed by atoms with van der Waals surface area (Å²) in [6, 6.07) is 23.1. The number of fused-ring (bicyclic) bond motifs is 1. The molecule has 1 heterocycles. The summed E-state index contributed by atoms with van der Waals surface area (Å²) in [5.74, 6) is 1.01. The summed E-state index contributed by atoms with van der Waals surface area (Å²) in [6.07, 6.45) is 0. The number of benzene rings is 3. The van der Waals surface area contributed by atoms with Gasteiger partial charge in [-0.15, -0.1) is 0 Å². The van der Waals surface area contributed by atoms with E-state index < -0.39 is 11.8 Å². The van der Waals surface area contributed by atoms with Gasteiger partial charge in [0.05, 0.1) is 18.5 Å². The van der Waals surface area contributed by atoms with Crippen LogP contribution in [0.2, 0.25) is 0 Å². The zero-order valence-electron chi connectivity index (χ0n) is 17.7. The predicted octanol–water partition coefficient (Wildman–Crippen LogP) is 4.33. The number of primary amides is 1. The summed E-state index contributed by atoms with van der Waals surface area (Å²) in [7, 11) is 3.54. The highest BCUT2D eigenvalue weighted by molar-refractivity contribution is 5.92.